The van der Waals surface area contributed by atoms with Crippen LogP contribution >= 0.6 is 12.2 Å². The van der Waals surface area contributed by atoms with Gasteiger partial charge in [-0.1, -0.05) is 0 Å². The Morgan fingerprint density at radius 2 is 2.31 bits per heavy atom. The van der Waals surface area contributed by atoms with Gasteiger partial charge in [-0.05, 0) is 24.4 Å². The van der Waals surface area contributed by atoms with E-state index < -0.39 is 0 Å². The van der Waals surface area contributed by atoms with Crippen LogP contribution in [0.5, 0.6) is 5.88 Å². The van der Waals surface area contributed by atoms with Crippen molar-refractivity contribution in [1.82, 2.24) is 10.3 Å². The highest BCUT2D eigenvalue weighted by molar-refractivity contribution is 7.80. The molecule has 0 aliphatic rings. The Kier molecular flexibility index (Phi) is 5.52. The molecule has 0 bridgehead atoms. The maximum absolute atomic E-state index is 5.10. The van der Waals surface area contributed by atoms with Crippen molar-refractivity contribution in [2.45, 2.75) is 0 Å². The first-order chi connectivity index (χ1) is 7.77. The maximum Gasteiger partial charge on any atom is 0.237 e. The number of aromatic nitrogens is 1. The van der Waals surface area contributed by atoms with Crippen LogP contribution in [-0.2, 0) is 4.74 Å². The summed E-state index contributed by atoms with van der Waals surface area (Å²) in [6.45, 7) is 1.26. The zero-order chi connectivity index (χ0) is 11.8. The topological polar surface area (TPSA) is 55.4 Å². The summed E-state index contributed by atoms with van der Waals surface area (Å²) in [4.78, 5) is 4.05. The van der Waals surface area contributed by atoms with E-state index in [4.69, 9.17) is 21.7 Å². The number of hydrogen-bond donors (Lipinski definition) is 2. The lowest BCUT2D eigenvalue weighted by atomic mass is 10.4. The summed E-state index contributed by atoms with van der Waals surface area (Å²) in [5, 5.41) is 6.51. The fraction of sp³-hybridized carbons (Fsp3) is 0.400. The summed E-state index contributed by atoms with van der Waals surface area (Å²) in [6, 6.07) is 3.65. The Labute approximate surface area is 100 Å². The van der Waals surface area contributed by atoms with Gasteiger partial charge in [0, 0.05) is 19.9 Å². The molecular weight excluding hydrogens is 226 g/mol. The van der Waals surface area contributed by atoms with Crippen molar-refractivity contribution in [3.8, 4) is 5.88 Å². The van der Waals surface area contributed by atoms with Crippen LogP contribution in [0.1, 0.15) is 0 Å². The van der Waals surface area contributed by atoms with Crippen molar-refractivity contribution in [3.05, 3.63) is 18.3 Å². The summed E-state index contributed by atoms with van der Waals surface area (Å²) >= 11 is 5.10. The molecule has 16 heavy (non-hydrogen) atoms. The molecule has 88 valence electrons. The van der Waals surface area contributed by atoms with E-state index in [-0.39, 0.29) is 0 Å². The first-order valence-electron chi connectivity index (χ1n) is 4.80. The van der Waals surface area contributed by atoms with Gasteiger partial charge in [0.2, 0.25) is 5.88 Å². The second-order valence-electron chi connectivity index (χ2n) is 2.93. The Morgan fingerprint density at radius 1 is 1.50 bits per heavy atom. The summed E-state index contributed by atoms with van der Waals surface area (Å²) < 4.78 is 9.99. The molecule has 0 unspecified atom stereocenters. The number of anilines is 1. The average molecular weight is 241 g/mol. The minimum Gasteiger partial charge on any atom is -0.480 e. The van der Waals surface area contributed by atoms with Crippen LogP contribution in [0.15, 0.2) is 18.3 Å². The molecule has 1 aromatic heterocycles. The molecular formula is C10H15N3O2S. The van der Waals surface area contributed by atoms with Crippen molar-refractivity contribution >= 4 is 23.0 Å². The Morgan fingerprint density at radius 3 is 3.00 bits per heavy atom. The molecule has 5 nitrogen and oxygen atoms in total. The minimum atomic E-state index is 0.512. The number of hydrogen-bond acceptors (Lipinski definition) is 4. The van der Waals surface area contributed by atoms with Crippen molar-refractivity contribution < 1.29 is 9.47 Å². The van der Waals surface area contributed by atoms with Gasteiger partial charge in [-0.2, -0.15) is 0 Å². The summed E-state index contributed by atoms with van der Waals surface area (Å²) in [6.07, 6.45) is 1.66. The van der Waals surface area contributed by atoms with Crippen LogP contribution in [0.4, 0.5) is 5.69 Å². The second kappa shape index (κ2) is 6.97. The molecule has 0 atom stereocenters. The first-order valence-corrected chi connectivity index (χ1v) is 5.21. The lowest BCUT2D eigenvalue weighted by molar-refractivity contribution is 0.204. The van der Waals surface area contributed by atoms with Gasteiger partial charge in [-0.15, -0.1) is 0 Å². The molecule has 1 aromatic rings. The quantitative estimate of drug-likeness (QED) is 0.593. The fourth-order valence-corrected chi connectivity index (χ4v) is 1.29. The second-order valence-corrected chi connectivity index (χ2v) is 3.34. The predicted octanol–water partition coefficient (Wildman–Crippen LogP) is 1.02. The highest BCUT2D eigenvalue weighted by atomic mass is 32.1. The number of thiocarbonyl (C=S) groups is 1. The molecule has 0 spiro atoms. The first kappa shape index (κ1) is 12.7. The van der Waals surface area contributed by atoms with Crippen LogP contribution in [0.2, 0.25) is 0 Å². The predicted molar refractivity (Wildman–Crippen MR) is 66.9 cm³/mol. The van der Waals surface area contributed by atoms with Crippen LogP contribution in [0.3, 0.4) is 0 Å². The lowest BCUT2D eigenvalue weighted by Crippen LogP contribution is -2.31. The van der Waals surface area contributed by atoms with Gasteiger partial charge in [0.1, 0.15) is 5.69 Å². The van der Waals surface area contributed by atoms with Crippen molar-refractivity contribution in [3.63, 3.8) is 0 Å². The third-order valence-corrected chi connectivity index (χ3v) is 2.05. The van der Waals surface area contributed by atoms with Gasteiger partial charge < -0.3 is 20.1 Å². The van der Waals surface area contributed by atoms with Crippen molar-refractivity contribution in [2.75, 3.05) is 32.7 Å². The highest BCUT2D eigenvalue weighted by Gasteiger charge is 2.04. The molecule has 1 rings (SSSR count). The molecule has 1 heterocycles. The van der Waals surface area contributed by atoms with E-state index in [1.54, 1.807) is 20.4 Å². The smallest absolute Gasteiger partial charge is 0.237 e. The maximum atomic E-state index is 5.10. The van der Waals surface area contributed by atoms with E-state index in [1.807, 2.05) is 12.1 Å². The van der Waals surface area contributed by atoms with E-state index in [0.717, 1.165) is 5.69 Å². The molecule has 6 heteroatoms. The lowest BCUT2D eigenvalue weighted by Gasteiger charge is -2.11. The SMILES string of the molecule is COCCNC(=S)Nc1cccnc1OC. The zero-order valence-electron chi connectivity index (χ0n) is 9.32. The third kappa shape index (κ3) is 4.00. The molecule has 0 fully saturated rings. The van der Waals surface area contributed by atoms with Crippen LogP contribution < -0.4 is 15.4 Å². The molecule has 0 radical (unpaired) electrons. The van der Waals surface area contributed by atoms with E-state index in [2.05, 4.69) is 15.6 Å². The minimum absolute atomic E-state index is 0.512. The number of methoxy groups -OCH3 is 2. The number of nitrogens with zero attached hydrogens (tertiary/aromatic N) is 1. The van der Waals surface area contributed by atoms with Crippen LogP contribution in [0, 0.1) is 0 Å². The van der Waals surface area contributed by atoms with Crippen LogP contribution in [0.25, 0.3) is 0 Å². The summed E-state index contributed by atoms with van der Waals surface area (Å²) in [5.41, 5.74) is 0.736. The fourth-order valence-electron chi connectivity index (χ4n) is 1.08. The number of ether oxygens (including phenoxy) is 2. The summed E-state index contributed by atoms with van der Waals surface area (Å²) in [7, 11) is 3.21. The largest absolute Gasteiger partial charge is 0.480 e. The van der Waals surface area contributed by atoms with E-state index in [0.29, 0.717) is 24.1 Å². The number of rotatable bonds is 5. The molecule has 2 N–H and O–H groups in total. The van der Waals surface area contributed by atoms with E-state index in [1.165, 1.54) is 0 Å². The van der Waals surface area contributed by atoms with Crippen LogP contribution in [-0.4, -0.2) is 37.5 Å². The van der Waals surface area contributed by atoms with Gasteiger partial charge in [-0.25, -0.2) is 4.98 Å². The molecule has 0 amide bonds. The average Bonchev–Trinajstić information content (AvgIpc) is 2.30. The highest BCUT2D eigenvalue weighted by Crippen LogP contribution is 2.19. The number of pyridine rings is 1. The molecule has 0 aliphatic heterocycles. The zero-order valence-corrected chi connectivity index (χ0v) is 10.1. The Bertz CT molecular complexity index is 347. The molecule has 0 aromatic carbocycles. The molecule has 0 saturated carbocycles. The van der Waals surface area contributed by atoms with Gasteiger partial charge in [0.15, 0.2) is 5.11 Å². The third-order valence-electron chi connectivity index (χ3n) is 1.80. The van der Waals surface area contributed by atoms with E-state index in [9.17, 15) is 0 Å². The standard InChI is InChI=1S/C10H15N3O2S/c1-14-7-6-12-10(16)13-8-4-3-5-11-9(8)15-2/h3-5H,6-7H2,1-2H3,(H2,12,13,16). The molecule has 0 aliphatic carbocycles. The van der Waals surface area contributed by atoms with Crippen molar-refractivity contribution in [1.29, 1.82) is 0 Å². The normalized spacial score (nSPS) is 9.62. The number of nitrogens with one attached hydrogen (secondary N) is 2. The van der Waals surface area contributed by atoms with Gasteiger partial charge >= 0.3 is 0 Å². The van der Waals surface area contributed by atoms with Gasteiger partial charge in [0.05, 0.1) is 13.7 Å². The monoisotopic (exact) mass is 241 g/mol. The van der Waals surface area contributed by atoms with E-state index >= 15 is 0 Å². The van der Waals surface area contributed by atoms with Gasteiger partial charge in [-0.3, -0.25) is 0 Å². The van der Waals surface area contributed by atoms with Crippen molar-refractivity contribution in [2.24, 2.45) is 0 Å². The van der Waals surface area contributed by atoms with Gasteiger partial charge in [0.25, 0.3) is 0 Å². The summed E-state index contributed by atoms with van der Waals surface area (Å²) in [5.74, 6) is 0.512. The Hall–Kier alpha value is -1.40. The Balaban J connectivity index is 2.49. The molecule has 0 saturated heterocycles.